The van der Waals surface area contributed by atoms with Gasteiger partial charge < -0.3 is 10.3 Å². The second-order valence-electron chi connectivity index (χ2n) is 5.22. The molecule has 116 valence electrons. The summed E-state index contributed by atoms with van der Waals surface area (Å²) in [6.45, 7) is 5.88. The largest absolute Gasteiger partial charge is 0.324 e. The first-order valence-corrected chi connectivity index (χ1v) is 9.07. The van der Waals surface area contributed by atoms with Gasteiger partial charge in [-0.3, -0.25) is 0 Å². The van der Waals surface area contributed by atoms with Gasteiger partial charge in [-0.1, -0.05) is 64.1 Å². The Bertz CT molecular complexity index is 352. The van der Waals surface area contributed by atoms with Crippen molar-refractivity contribution >= 4 is 11.8 Å². The first-order chi connectivity index (χ1) is 9.83. The van der Waals surface area contributed by atoms with Crippen LogP contribution in [0.4, 0.5) is 0 Å². The highest BCUT2D eigenvalue weighted by Gasteiger charge is 2.10. The maximum absolute atomic E-state index is 5.70. The summed E-state index contributed by atoms with van der Waals surface area (Å²) < 4.78 is 2.17. The molecule has 4 nitrogen and oxygen atoms in total. The van der Waals surface area contributed by atoms with Crippen LogP contribution in [0.1, 0.15) is 71.0 Å². The third-order valence-electron chi connectivity index (χ3n) is 3.40. The topological polar surface area (TPSA) is 56.7 Å². The second-order valence-corrected chi connectivity index (χ2v) is 6.29. The summed E-state index contributed by atoms with van der Waals surface area (Å²) in [4.78, 5) is 0. The molecule has 0 radical (unpaired) electrons. The van der Waals surface area contributed by atoms with E-state index in [0.29, 0.717) is 6.54 Å². The zero-order valence-electron chi connectivity index (χ0n) is 13.1. The molecule has 1 heterocycles. The Balaban J connectivity index is 2.19. The maximum atomic E-state index is 5.70. The molecule has 0 atom stereocenters. The molecule has 0 unspecified atom stereocenters. The van der Waals surface area contributed by atoms with Crippen molar-refractivity contribution in [3.63, 3.8) is 0 Å². The molecule has 20 heavy (non-hydrogen) atoms. The first kappa shape index (κ1) is 17.5. The molecular formula is C15H30N4S. The van der Waals surface area contributed by atoms with Crippen molar-refractivity contribution in [3.8, 4) is 0 Å². The van der Waals surface area contributed by atoms with Crippen molar-refractivity contribution in [1.82, 2.24) is 14.8 Å². The number of hydrogen-bond acceptors (Lipinski definition) is 4. The monoisotopic (exact) mass is 298 g/mol. The first-order valence-electron chi connectivity index (χ1n) is 8.08. The van der Waals surface area contributed by atoms with Crippen molar-refractivity contribution in [1.29, 1.82) is 0 Å². The minimum Gasteiger partial charge on any atom is -0.324 e. The van der Waals surface area contributed by atoms with Crippen molar-refractivity contribution in [3.05, 3.63) is 5.82 Å². The lowest BCUT2D eigenvalue weighted by Crippen LogP contribution is -2.09. The van der Waals surface area contributed by atoms with Crippen LogP contribution in [0.5, 0.6) is 0 Å². The van der Waals surface area contributed by atoms with Gasteiger partial charge in [-0.25, -0.2) is 0 Å². The van der Waals surface area contributed by atoms with Gasteiger partial charge in [-0.15, -0.1) is 10.2 Å². The zero-order valence-corrected chi connectivity index (χ0v) is 13.9. The van der Waals surface area contributed by atoms with E-state index in [1.54, 1.807) is 0 Å². The van der Waals surface area contributed by atoms with E-state index in [1.165, 1.54) is 44.9 Å². The van der Waals surface area contributed by atoms with Crippen molar-refractivity contribution < 1.29 is 0 Å². The average molecular weight is 299 g/mol. The Morgan fingerprint density at radius 3 is 2.30 bits per heavy atom. The van der Waals surface area contributed by atoms with Gasteiger partial charge in [0.2, 0.25) is 0 Å². The molecule has 0 bridgehead atoms. The number of thioether (sulfide) groups is 1. The predicted octanol–water partition coefficient (Wildman–Crippen LogP) is 3.99. The minimum absolute atomic E-state index is 0.477. The molecule has 0 fully saturated rings. The summed E-state index contributed by atoms with van der Waals surface area (Å²) in [6, 6.07) is 0. The van der Waals surface area contributed by atoms with E-state index in [4.69, 9.17) is 5.73 Å². The number of unbranched alkanes of at least 4 members (excludes halogenated alkanes) is 6. The molecule has 0 amide bonds. The number of hydrogen-bond donors (Lipinski definition) is 1. The maximum Gasteiger partial charge on any atom is 0.191 e. The predicted molar refractivity (Wildman–Crippen MR) is 86.9 cm³/mol. The summed E-state index contributed by atoms with van der Waals surface area (Å²) >= 11 is 1.83. The van der Waals surface area contributed by atoms with Crippen LogP contribution in [-0.4, -0.2) is 20.5 Å². The molecule has 0 aliphatic heterocycles. The smallest absolute Gasteiger partial charge is 0.191 e. The summed E-state index contributed by atoms with van der Waals surface area (Å²) in [7, 11) is 0. The van der Waals surface area contributed by atoms with Gasteiger partial charge in [-0.05, 0) is 12.8 Å². The van der Waals surface area contributed by atoms with Gasteiger partial charge in [0.1, 0.15) is 5.82 Å². The number of nitrogens with zero attached hydrogens (tertiary/aromatic N) is 3. The fourth-order valence-corrected chi connectivity index (χ4v) is 3.23. The zero-order chi connectivity index (χ0) is 14.6. The third-order valence-corrected chi connectivity index (χ3v) is 4.46. The molecule has 0 saturated heterocycles. The Labute approximate surface area is 127 Å². The van der Waals surface area contributed by atoms with Gasteiger partial charge in [0, 0.05) is 12.3 Å². The number of nitrogens with two attached hydrogens (primary N) is 1. The SMILES string of the molecule is CCCCCCCCCSc1nnc(CN)n1CCC. The van der Waals surface area contributed by atoms with E-state index in [-0.39, 0.29) is 0 Å². The van der Waals surface area contributed by atoms with Crippen LogP contribution < -0.4 is 5.73 Å². The average Bonchev–Trinajstić information content (AvgIpc) is 2.84. The Hall–Kier alpha value is -0.550. The van der Waals surface area contributed by atoms with Gasteiger partial charge in [-0.2, -0.15) is 0 Å². The van der Waals surface area contributed by atoms with Crippen LogP contribution in [0, 0.1) is 0 Å². The Morgan fingerprint density at radius 1 is 0.950 bits per heavy atom. The van der Waals surface area contributed by atoms with E-state index >= 15 is 0 Å². The van der Waals surface area contributed by atoms with Gasteiger partial charge in [0.15, 0.2) is 5.16 Å². The number of rotatable bonds is 12. The summed E-state index contributed by atoms with van der Waals surface area (Å²) in [5, 5.41) is 9.47. The number of aromatic nitrogens is 3. The lowest BCUT2D eigenvalue weighted by Gasteiger charge is -2.07. The molecule has 0 aromatic carbocycles. The lowest BCUT2D eigenvalue weighted by atomic mass is 10.1. The van der Waals surface area contributed by atoms with Crippen molar-refractivity contribution in [2.75, 3.05) is 5.75 Å². The Morgan fingerprint density at radius 2 is 1.65 bits per heavy atom. The lowest BCUT2D eigenvalue weighted by molar-refractivity contribution is 0.590. The van der Waals surface area contributed by atoms with E-state index in [0.717, 1.165) is 29.7 Å². The van der Waals surface area contributed by atoms with Crippen LogP contribution in [-0.2, 0) is 13.1 Å². The minimum atomic E-state index is 0.477. The van der Waals surface area contributed by atoms with Crippen LogP contribution in [0.3, 0.4) is 0 Å². The molecule has 2 N–H and O–H groups in total. The Kier molecular flexibility index (Phi) is 9.75. The fourth-order valence-electron chi connectivity index (χ4n) is 2.25. The highest BCUT2D eigenvalue weighted by molar-refractivity contribution is 7.99. The van der Waals surface area contributed by atoms with Gasteiger partial charge in [0.25, 0.3) is 0 Å². The van der Waals surface area contributed by atoms with Gasteiger partial charge >= 0.3 is 0 Å². The van der Waals surface area contributed by atoms with Gasteiger partial charge in [0.05, 0.1) is 6.54 Å². The second kappa shape index (κ2) is 11.1. The summed E-state index contributed by atoms with van der Waals surface area (Å²) in [6.07, 6.45) is 10.6. The van der Waals surface area contributed by atoms with E-state index in [9.17, 15) is 0 Å². The molecule has 0 aliphatic carbocycles. The molecule has 1 rings (SSSR count). The highest BCUT2D eigenvalue weighted by Crippen LogP contribution is 2.19. The molecule has 0 aliphatic rings. The fraction of sp³-hybridized carbons (Fsp3) is 0.867. The molecule has 5 heteroatoms. The standard InChI is InChI=1S/C15H30N4S/c1-3-5-6-7-8-9-10-12-20-15-18-17-14(13-16)19(15)11-4-2/h3-13,16H2,1-2H3. The van der Waals surface area contributed by atoms with Crippen molar-refractivity contribution in [2.24, 2.45) is 5.73 Å². The molecule has 0 spiro atoms. The van der Waals surface area contributed by atoms with E-state index < -0.39 is 0 Å². The third kappa shape index (κ3) is 6.27. The molecule has 0 saturated carbocycles. The normalized spacial score (nSPS) is 11.2. The molecule has 1 aromatic rings. The van der Waals surface area contributed by atoms with Crippen molar-refractivity contribution in [2.45, 2.75) is 83.5 Å². The quantitative estimate of drug-likeness (QED) is 0.468. The van der Waals surface area contributed by atoms with Crippen LogP contribution in [0.15, 0.2) is 5.16 Å². The summed E-state index contributed by atoms with van der Waals surface area (Å²) in [5.41, 5.74) is 5.70. The van der Waals surface area contributed by atoms with Crippen LogP contribution in [0.25, 0.3) is 0 Å². The van der Waals surface area contributed by atoms with Crippen LogP contribution >= 0.6 is 11.8 Å². The molecular weight excluding hydrogens is 268 g/mol. The van der Waals surface area contributed by atoms with E-state index in [1.807, 2.05) is 11.8 Å². The molecule has 1 aromatic heterocycles. The summed E-state index contributed by atoms with van der Waals surface area (Å²) in [5.74, 6) is 2.05. The van der Waals surface area contributed by atoms with E-state index in [2.05, 4.69) is 28.6 Å². The highest BCUT2D eigenvalue weighted by atomic mass is 32.2. The van der Waals surface area contributed by atoms with Crippen LogP contribution in [0.2, 0.25) is 0 Å².